The van der Waals surface area contributed by atoms with Gasteiger partial charge in [-0.15, -0.1) is 0 Å². The number of carbonyl (C=O) groups excluding carboxylic acids is 1. The minimum atomic E-state index is -0.855. The highest BCUT2D eigenvalue weighted by atomic mass is 16.4. The number of fused-ring (bicyclic) bond motifs is 2. The Morgan fingerprint density at radius 1 is 1.37 bits per heavy atom. The van der Waals surface area contributed by atoms with Gasteiger partial charge in [0.1, 0.15) is 0 Å². The second-order valence-corrected chi connectivity index (χ2v) is 6.01. The highest BCUT2D eigenvalue weighted by Gasteiger charge is 2.40. The molecule has 2 N–H and O–H groups in total. The molecule has 0 saturated heterocycles. The Balaban J connectivity index is 1.85. The van der Waals surface area contributed by atoms with E-state index in [2.05, 4.69) is 5.32 Å². The van der Waals surface area contributed by atoms with Crippen LogP contribution in [0.25, 0.3) is 0 Å². The summed E-state index contributed by atoms with van der Waals surface area (Å²) in [5.41, 5.74) is 0. The lowest BCUT2D eigenvalue weighted by Gasteiger charge is -2.28. The molecule has 2 fully saturated rings. The van der Waals surface area contributed by atoms with Crippen molar-refractivity contribution in [2.45, 2.75) is 45.6 Å². The molecule has 19 heavy (non-hydrogen) atoms. The summed E-state index contributed by atoms with van der Waals surface area (Å²) in [6.45, 7) is 4.34. The third kappa shape index (κ3) is 3.19. The molecule has 2 bridgehead atoms. The van der Waals surface area contributed by atoms with Gasteiger partial charge in [-0.05, 0) is 38.0 Å². The van der Waals surface area contributed by atoms with E-state index < -0.39 is 11.9 Å². The first-order chi connectivity index (χ1) is 9.01. The van der Waals surface area contributed by atoms with Crippen LogP contribution in [0.5, 0.6) is 0 Å². The first kappa shape index (κ1) is 14.2. The van der Waals surface area contributed by atoms with Gasteiger partial charge >= 0.3 is 12.0 Å². The molecule has 2 amide bonds. The van der Waals surface area contributed by atoms with E-state index in [1.54, 1.807) is 11.8 Å². The van der Waals surface area contributed by atoms with Gasteiger partial charge in [-0.2, -0.15) is 0 Å². The highest BCUT2D eigenvalue weighted by molar-refractivity contribution is 5.76. The van der Waals surface area contributed by atoms with Crippen LogP contribution >= 0.6 is 0 Å². The van der Waals surface area contributed by atoms with E-state index in [1.165, 1.54) is 19.3 Å². The van der Waals surface area contributed by atoms with Gasteiger partial charge in [0.05, 0.1) is 5.92 Å². The van der Waals surface area contributed by atoms with Crippen LogP contribution in [0.4, 0.5) is 4.79 Å². The SMILES string of the molecule is CCN(CC(C)C(=O)O)C(=O)NC1CC2CCC1C2. The number of amides is 2. The molecule has 0 aromatic rings. The lowest BCUT2D eigenvalue weighted by Crippen LogP contribution is -2.48. The predicted molar refractivity (Wildman–Crippen MR) is 71.8 cm³/mol. The number of nitrogens with zero attached hydrogens (tertiary/aromatic N) is 1. The summed E-state index contributed by atoms with van der Waals surface area (Å²) in [4.78, 5) is 24.7. The number of carboxylic acids is 1. The van der Waals surface area contributed by atoms with Crippen LogP contribution in [-0.2, 0) is 4.79 Å². The summed E-state index contributed by atoms with van der Waals surface area (Å²) in [5, 5.41) is 12.0. The topological polar surface area (TPSA) is 69.6 Å². The number of hydrogen-bond acceptors (Lipinski definition) is 2. The van der Waals surface area contributed by atoms with Gasteiger partial charge in [-0.1, -0.05) is 13.3 Å². The number of carbonyl (C=O) groups is 2. The van der Waals surface area contributed by atoms with Crippen LogP contribution in [0.15, 0.2) is 0 Å². The third-order valence-electron chi connectivity index (χ3n) is 4.63. The van der Waals surface area contributed by atoms with Crippen molar-refractivity contribution in [1.29, 1.82) is 0 Å². The fourth-order valence-electron chi connectivity index (χ4n) is 3.44. The van der Waals surface area contributed by atoms with Gasteiger partial charge in [-0.3, -0.25) is 4.79 Å². The Labute approximate surface area is 114 Å². The zero-order chi connectivity index (χ0) is 14.0. The smallest absolute Gasteiger partial charge is 0.317 e. The lowest BCUT2D eigenvalue weighted by molar-refractivity contribution is -0.141. The fraction of sp³-hybridized carbons (Fsp3) is 0.857. The van der Waals surface area contributed by atoms with Crippen molar-refractivity contribution in [2.24, 2.45) is 17.8 Å². The van der Waals surface area contributed by atoms with Crippen molar-refractivity contribution in [3.63, 3.8) is 0 Å². The molecule has 5 heteroatoms. The molecule has 2 aliphatic carbocycles. The highest BCUT2D eigenvalue weighted by Crippen LogP contribution is 2.44. The van der Waals surface area contributed by atoms with E-state index in [0.717, 1.165) is 12.3 Å². The maximum atomic E-state index is 12.2. The maximum absolute atomic E-state index is 12.2. The molecule has 0 aromatic heterocycles. The normalized spacial score (nSPS) is 30.1. The van der Waals surface area contributed by atoms with Crippen LogP contribution in [0, 0.1) is 17.8 Å². The van der Waals surface area contributed by atoms with Crippen molar-refractivity contribution in [1.82, 2.24) is 10.2 Å². The van der Waals surface area contributed by atoms with E-state index >= 15 is 0 Å². The zero-order valence-electron chi connectivity index (χ0n) is 11.8. The third-order valence-corrected chi connectivity index (χ3v) is 4.63. The van der Waals surface area contributed by atoms with Gasteiger partial charge < -0.3 is 15.3 Å². The van der Waals surface area contributed by atoms with Crippen LogP contribution in [0.3, 0.4) is 0 Å². The second kappa shape index (κ2) is 5.80. The van der Waals surface area contributed by atoms with Gasteiger partial charge in [-0.25, -0.2) is 4.79 Å². The summed E-state index contributed by atoms with van der Waals surface area (Å²) in [6.07, 6.45) is 4.89. The maximum Gasteiger partial charge on any atom is 0.317 e. The number of rotatable bonds is 5. The Hall–Kier alpha value is -1.26. The Morgan fingerprint density at radius 3 is 2.58 bits per heavy atom. The van der Waals surface area contributed by atoms with E-state index in [4.69, 9.17) is 5.11 Å². The number of nitrogens with one attached hydrogen (secondary N) is 1. The first-order valence-corrected chi connectivity index (χ1v) is 7.29. The molecule has 108 valence electrons. The van der Waals surface area contributed by atoms with Crippen molar-refractivity contribution in [2.75, 3.05) is 13.1 Å². The number of urea groups is 1. The zero-order valence-corrected chi connectivity index (χ0v) is 11.8. The Kier molecular flexibility index (Phi) is 4.32. The average Bonchev–Trinajstić information content (AvgIpc) is 2.97. The predicted octanol–water partition coefficient (Wildman–Crippen LogP) is 1.93. The molecule has 2 aliphatic rings. The summed E-state index contributed by atoms with van der Waals surface area (Å²) in [5.74, 6) is 0.0600. The first-order valence-electron chi connectivity index (χ1n) is 7.29. The molecule has 2 saturated carbocycles. The molecule has 5 nitrogen and oxygen atoms in total. The largest absolute Gasteiger partial charge is 0.481 e. The van der Waals surface area contributed by atoms with Gasteiger partial charge in [0, 0.05) is 19.1 Å². The van der Waals surface area contributed by atoms with Crippen molar-refractivity contribution in [3.8, 4) is 0 Å². The molecule has 0 aliphatic heterocycles. The molecular weight excluding hydrogens is 244 g/mol. The average molecular weight is 268 g/mol. The summed E-state index contributed by atoms with van der Waals surface area (Å²) in [6, 6.07) is 0.202. The second-order valence-electron chi connectivity index (χ2n) is 6.01. The Morgan fingerprint density at radius 2 is 2.11 bits per heavy atom. The molecule has 0 spiro atoms. The molecule has 4 atom stereocenters. The van der Waals surface area contributed by atoms with Crippen LogP contribution in [0.1, 0.15) is 39.5 Å². The Bertz CT molecular complexity index is 359. The van der Waals surface area contributed by atoms with Crippen molar-refractivity contribution >= 4 is 12.0 Å². The number of carboxylic acid groups (broad SMARTS) is 1. The standard InChI is InChI=1S/C14H24N2O3/c1-3-16(8-9(2)13(17)18)14(19)15-12-7-10-4-5-11(12)6-10/h9-12H,3-8H2,1-2H3,(H,15,19)(H,17,18). The van der Waals surface area contributed by atoms with Gasteiger partial charge in [0.25, 0.3) is 0 Å². The van der Waals surface area contributed by atoms with Gasteiger partial charge in [0.2, 0.25) is 0 Å². The molecule has 4 unspecified atom stereocenters. The van der Waals surface area contributed by atoms with Crippen molar-refractivity contribution in [3.05, 3.63) is 0 Å². The van der Waals surface area contributed by atoms with Crippen molar-refractivity contribution < 1.29 is 14.7 Å². The molecule has 2 rings (SSSR count). The number of aliphatic carboxylic acids is 1. The fourth-order valence-corrected chi connectivity index (χ4v) is 3.44. The van der Waals surface area contributed by atoms with E-state index in [9.17, 15) is 9.59 Å². The molecule has 0 aromatic carbocycles. The van der Waals surface area contributed by atoms with E-state index in [-0.39, 0.29) is 12.6 Å². The number of hydrogen-bond donors (Lipinski definition) is 2. The molecule has 0 heterocycles. The van der Waals surface area contributed by atoms with E-state index in [0.29, 0.717) is 18.5 Å². The van der Waals surface area contributed by atoms with Gasteiger partial charge in [0.15, 0.2) is 0 Å². The summed E-state index contributed by atoms with van der Waals surface area (Å²) < 4.78 is 0. The molecular formula is C14H24N2O3. The van der Waals surface area contributed by atoms with Crippen LogP contribution in [0.2, 0.25) is 0 Å². The summed E-state index contributed by atoms with van der Waals surface area (Å²) in [7, 11) is 0. The lowest BCUT2D eigenvalue weighted by atomic mass is 9.95. The van der Waals surface area contributed by atoms with Crippen LogP contribution in [-0.4, -0.2) is 41.1 Å². The minimum Gasteiger partial charge on any atom is -0.481 e. The van der Waals surface area contributed by atoms with Crippen LogP contribution < -0.4 is 5.32 Å². The molecule has 0 radical (unpaired) electrons. The summed E-state index contributed by atoms with van der Waals surface area (Å²) >= 11 is 0. The minimum absolute atomic E-state index is 0.104. The van der Waals surface area contributed by atoms with E-state index in [1.807, 2.05) is 6.92 Å². The quantitative estimate of drug-likeness (QED) is 0.800. The monoisotopic (exact) mass is 268 g/mol.